The van der Waals surface area contributed by atoms with Crippen LogP contribution in [0.5, 0.6) is 0 Å². The Morgan fingerprint density at radius 3 is 1.91 bits per heavy atom. The lowest BCUT2D eigenvalue weighted by Gasteiger charge is -2.19. The quantitative estimate of drug-likeness (QED) is 0.299. The lowest BCUT2D eigenvalue weighted by molar-refractivity contribution is 0.715. The Hall–Kier alpha value is -4.04. The van der Waals surface area contributed by atoms with Crippen LogP contribution in [0.3, 0.4) is 0 Å². The second-order valence-corrected chi connectivity index (χ2v) is 8.54. The molecule has 1 aliphatic rings. The maximum atomic E-state index is 5.15. The number of aryl methyl sites for hydroxylation is 1. The minimum atomic E-state index is 0.334. The molecule has 1 unspecified atom stereocenters. The zero-order valence-corrected chi connectivity index (χ0v) is 18.4. The maximum absolute atomic E-state index is 5.15. The van der Waals surface area contributed by atoms with Crippen LogP contribution < -0.4 is 0 Å². The van der Waals surface area contributed by atoms with Gasteiger partial charge in [-0.15, -0.1) is 0 Å². The summed E-state index contributed by atoms with van der Waals surface area (Å²) in [6.07, 6.45) is 1.93. The highest BCUT2D eigenvalue weighted by molar-refractivity contribution is 5.86. The van der Waals surface area contributed by atoms with E-state index < -0.39 is 0 Å². The van der Waals surface area contributed by atoms with Gasteiger partial charge in [0, 0.05) is 22.6 Å². The van der Waals surface area contributed by atoms with Gasteiger partial charge in [0.05, 0.1) is 11.4 Å². The van der Waals surface area contributed by atoms with E-state index in [0.29, 0.717) is 5.92 Å². The molecule has 2 heteroatoms. The third-order valence-corrected chi connectivity index (χ3v) is 6.54. The monoisotopic (exact) mass is 424 g/mol. The first-order valence-electron chi connectivity index (χ1n) is 11.5. The summed E-state index contributed by atoms with van der Waals surface area (Å²) in [5.41, 5.74) is 9.46. The summed E-state index contributed by atoms with van der Waals surface area (Å²) in [5.74, 6) is 1.13. The van der Waals surface area contributed by atoms with Crippen LogP contribution >= 0.6 is 0 Å². The number of hydrogen-bond donors (Lipinski definition) is 0. The molecule has 0 radical (unpaired) electrons. The van der Waals surface area contributed by atoms with Crippen LogP contribution in [0.1, 0.15) is 29.2 Å². The Morgan fingerprint density at radius 2 is 1.18 bits per heavy atom. The predicted molar refractivity (Wildman–Crippen MR) is 135 cm³/mol. The minimum absolute atomic E-state index is 0.334. The number of benzene rings is 4. The molecule has 0 amide bonds. The standard InChI is InChI=1S/C31H24N2/c1-4-12-22(13-5-1)25-20-21-28-29(27-19-11-10-18-26(25)27)30(23-14-6-2-7-15-23)33-31(32-28)24-16-8-3-9-17-24/h1-19,25H,20-21H2. The van der Waals surface area contributed by atoms with Crippen molar-refractivity contribution in [1.82, 2.24) is 9.97 Å². The number of hydrogen-bond acceptors (Lipinski definition) is 2. The molecular weight excluding hydrogens is 400 g/mol. The van der Waals surface area contributed by atoms with Crippen molar-refractivity contribution >= 4 is 0 Å². The SMILES string of the molecule is c1ccc(-c2nc3c(c(-c4ccccc4)n2)-c2ccccc2C(c2ccccc2)CC3)cc1. The molecule has 6 rings (SSSR count). The molecule has 1 heterocycles. The van der Waals surface area contributed by atoms with E-state index in [1.807, 2.05) is 18.2 Å². The molecular formula is C31H24N2. The topological polar surface area (TPSA) is 25.8 Å². The van der Waals surface area contributed by atoms with Gasteiger partial charge in [-0.1, -0.05) is 115 Å². The molecule has 1 atom stereocenters. The molecule has 5 aromatic rings. The van der Waals surface area contributed by atoms with Crippen molar-refractivity contribution in [2.45, 2.75) is 18.8 Å². The summed E-state index contributed by atoms with van der Waals surface area (Å²) in [6.45, 7) is 0. The van der Waals surface area contributed by atoms with Gasteiger partial charge in [-0.3, -0.25) is 0 Å². The molecule has 0 N–H and O–H groups in total. The summed E-state index contributed by atoms with van der Waals surface area (Å²) in [5, 5.41) is 0. The van der Waals surface area contributed by atoms with Crippen LogP contribution in [0.2, 0.25) is 0 Å². The summed E-state index contributed by atoms with van der Waals surface area (Å²) in [6, 6.07) is 40.5. The Labute approximate surface area is 194 Å². The van der Waals surface area contributed by atoms with Crippen molar-refractivity contribution in [1.29, 1.82) is 0 Å². The van der Waals surface area contributed by atoms with Gasteiger partial charge in [0.15, 0.2) is 5.82 Å². The molecule has 1 aliphatic carbocycles. The molecule has 158 valence electrons. The van der Waals surface area contributed by atoms with E-state index in [9.17, 15) is 0 Å². The summed E-state index contributed by atoms with van der Waals surface area (Å²) >= 11 is 0. The van der Waals surface area contributed by atoms with E-state index in [0.717, 1.165) is 41.2 Å². The van der Waals surface area contributed by atoms with Crippen LogP contribution in [0, 0.1) is 0 Å². The number of nitrogens with zero attached hydrogens (tertiary/aromatic N) is 2. The first-order valence-corrected chi connectivity index (χ1v) is 11.5. The highest BCUT2D eigenvalue weighted by Gasteiger charge is 2.27. The van der Waals surface area contributed by atoms with Crippen molar-refractivity contribution in [2.75, 3.05) is 0 Å². The Balaban J connectivity index is 1.62. The average Bonchev–Trinajstić information content (AvgIpc) is 3.07. The second-order valence-electron chi connectivity index (χ2n) is 8.54. The fourth-order valence-corrected chi connectivity index (χ4v) is 4.99. The smallest absolute Gasteiger partial charge is 0.160 e. The second kappa shape index (κ2) is 8.48. The van der Waals surface area contributed by atoms with Crippen molar-refractivity contribution in [3.63, 3.8) is 0 Å². The Kier molecular flexibility index (Phi) is 5.04. The third kappa shape index (κ3) is 3.64. The summed E-state index contributed by atoms with van der Waals surface area (Å²) in [4.78, 5) is 10.3. The third-order valence-electron chi connectivity index (χ3n) is 6.54. The van der Waals surface area contributed by atoms with Crippen LogP contribution in [-0.2, 0) is 6.42 Å². The molecule has 0 bridgehead atoms. The lowest BCUT2D eigenvalue weighted by Crippen LogP contribution is -2.02. The molecule has 0 fully saturated rings. The van der Waals surface area contributed by atoms with Gasteiger partial charge >= 0.3 is 0 Å². The first-order chi connectivity index (χ1) is 16.4. The van der Waals surface area contributed by atoms with Gasteiger partial charge in [0.1, 0.15) is 0 Å². The molecule has 0 aliphatic heterocycles. The van der Waals surface area contributed by atoms with Gasteiger partial charge < -0.3 is 0 Å². The van der Waals surface area contributed by atoms with Crippen molar-refractivity contribution in [3.05, 3.63) is 132 Å². The molecule has 0 saturated carbocycles. The van der Waals surface area contributed by atoms with E-state index >= 15 is 0 Å². The Bertz CT molecular complexity index is 1390. The Morgan fingerprint density at radius 1 is 0.576 bits per heavy atom. The van der Waals surface area contributed by atoms with E-state index in [1.165, 1.54) is 22.3 Å². The van der Waals surface area contributed by atoms with E-state index in [1.54, 1.807) is 0 Å². The van der Waals surface area contributed by atoms with E-state index in [4.69, 9.17) is 9.97 Å². The molecule has 4 aromatic carbocycles. The zero-order valence-electron chi connectivity index (χ0n) is 18.4. The number of fused-ring (bicyclic) bond motifs is 3. The van der Waals surface area contributed by atoms with Gasteiger partial charge in [0.2, 0.25) is 0 Å². The lowest BCUT2D eigenvalue weighted by atomic mass is 9.85. The zero-order chi connectivity index (χ0) is 22.0. The van der Waals surface area contributed by atoms with Gasteiger partial charge in [-0.2, -0.15) is 0 Å². The minimum Gasteiger partial charge on any atom is -0.232 e. The highest BCUT2D eigenvalue weighted by Crippen LogP contribution is 2.44. The fraction of sp³-hybridized carbons (Fsp3) is 0.0968. The maximum Gasteiger partial charge on any atom is 0.160 e. The van der Waals surface area contributed by atoms with Crippen molar-refractivity contribution in [2.24, 2.45) is 0 Å². The molecule has 1 aromatic heterocycles. The van der Waals surface area contributed by atoms with Crippen LogP contribution in [0.4, 0.5) is 0 Å². The van der Waals surface area contributed by atoms with Crippen LogP contribution in [-0.4, -0.2) is 9.97 Å². The molecule has 0 spiro atoms. The van der Waals surface area contributed by atoms with E-state index in [-0.39, 0.29) is 0 Å². The summed E-state index contributed by atoms with van der Waals surface area (Å²) in [7, 11) is 0. The molecule has 2 nitrogen and oxygen atoms in total. The summed E-state index contributed by atoms with van der Waals surface area (Å²) < 4.78 is 0. The van der Waals surface area contributed by atoms with Gasteiger partial charge in [-0.25, -0.2) is 9.97 Å². The molecule has 0 saturated heterocycles. The van der Waals surface area contributed by atoms with Crippen molar-refractivity contribution < 1.29 is 0 Å². The normalized spacial score (nSPS) is 14.7. The largest absolute Gasteiger partial charge is 0.232 e. The highest BCUT2D eigenvalue weighted by atomic mass is 14.9. The predicted octanol–water partition coefficient (Wildman–Crippen LogP) is 7.56. The van der Waals surface area contributed by atoms with E-state index in [2.05, 4.69) is 97.1 Å². The van der Waals surface area contributed by atoms with Crippen LogP contribution in [0.15, 0.2) is 115 Å². The van der Waals surface area contributed by atoms with Crippen molar-refractivity contribution in [3.8, 4) is 33.8 Å². The molecule has 33 heavy (non-hydrogen) atoms. The number of rotatable bonds is 3. The fourth-order valence-electron chi connectivity index (χ4n) is 4.99. The van der Waals surface area contributed by atoms with Gasteiger partial charge in [-0.05, 0) is 29.5 Å². The first kappa shape index (κ1) is 19.6. The van der Waals surface area contributed by atoms with Crippen LogP contribution in [0.25, 0.3) is 33.8 Å². The average molecular weight is 425 g/mol. The number of aromatic nitrogens is 2. The van der Waals surface area contributed by atoms with Gasteiger partial charge in [0.25, 0.3) is 0 Å².